The molecule has 0 saturated carbocycles. The molecule has 1 fully saturated rings. The van der Waals surface area contributed by atoms with E-state index in [0.29, 0.717) is 16.9 Å². The highest BCUT2D eigenvalue weighted by Crippen LogP contribution is 2.20. The molecule has 3 rings (SSSR count). The van der Waals surface area contributed by atoms with Crippen LogP contribution in [-0.4, -0.2) is 25.1 Å². The third-order valence-electron chi connectivity index (χ3n) is 3.64. The molecule has 0 unspecified atom stereocenters. The fraction of sp³-hybridized carbons (Fsp3) is 0.235. The average Bonchev–Trinajstić information content (AvgIpc) is 3.03. The molecule has 1 heterocycles. The predicted octanol–water partition coefficient (Wildman–Crippen LogP) is 2.26. The number of nitrogen functional groups attached to an aromatic ring is 1. The Morgan fingerprint density at radius 1 is 1.18 bits per heavy atom. The summed E-state index contributed by atoms with van der Waals surface area (Å²) < 4.78 is 5.83. The van der Waals surface area contributed by atoms with Gasteiger partial charge in [0.2, 0.25) is 0 Å². The van der Waals surface area contributed by atoms with Crippen molar-refractivity contribution in [2.45, 2.75) is 12.5 Å². The van der Waals surface area contributed by atoms with Crippen LogP contribution in [0.2, 0.25) is 0 Å². The van der Waals surface area contributed by atoms with Crippen LogP contribution in [0.3, 0.4) is 0 Å². The molecule has 0 bridgehead atoms. The van der Waals surface area contributed by atoms with E-state index < -0.39 is 0 Å². The molecular weight excluding hydrogens is 278 g/mol. The molecule has 5 nitrogen and oxygen atoms in total. The number of carbonyl (C=O) groups is 1. The Morgan fingerprint density at radius 3 is 2.64 bits per heavy atom. The Balaban J connectivity index is 1.64. The highest BCUT2D eigenvalue weighted by atomic mass is 16.5. The molecule has 2 aromatic carbocycles. The molecule has 1 amide bonds. The van der Waals surface area contributed by atoms with Gasteiger partial charge in [0.05, 0.1) is 11.4 Å². The summed E-state index contributed by atoms with van der Waals surface area (Å²) in [5.41, 5.74) is 7.55. The van der Waals surface area contributed by atoms with Gasteiger partial charge in [0.25, 0.3) is 5.91 Å². The minimum Gasteiger partial charge on any atom is -0.489 e. The summed E-state index contributed by atoms with van der Waals surface area (Å²) in [5, 5.41) is 6.06. The average molecular weight is 297 g/mol. The van der Waals surface area contributed by atoms with Crippen molar-refractivity contribution in [1.29, 1.82) is 0 Å². The summed E-state index contributed by atoms with van der Waals surface area (Å²) in [4.78, 5) is 12.2. The number of nitrogens with one attached hydrogen (secondary N) is 2. The maximum Gasteiger partial charge on any atom is 0.255 e. The van der Waals surface area contributed by atoms with Crippen molar-refractivity contribution in [3.8, 4) is 5.75 Å². The smallest absolute Gasteiger partial charge is 0.255 e. The van der Waals surface area contributed by atoms with Crippen LogP contribution < -0.4 is 21.1 Å². The Labute approximate surface area is 129 Å². The normalized spacial score (nSPS) is 17.2. The lowest BCUT2D eigenvalue weighted by Crippen LogP contribution is -2.19. The first-order chi connectivity index (χ1) is 10.7. The zero-order valence-corrected chi connectivity index (χ0v) is 12.2. The maximum atomic E-state index is 12.2. The number of hydrogen-bond donors (Lipinski definition) is 3. The van der Waals surface area contributed by atoms with E-state index in [1.165, 1.54) is 0 Å². The van der Waals surface area contributed by atoms with E-state index in [2.05, 4.69) is 10.6 Å². The van der Waals surface area contributed by atoms with Crippen LogP contribution in [0, 0.1) is 0 Å². The molecule has 4 N–H and O–H groups in total. The topological polar surface area (TPSA) is 76.4 Å². The van der Waals surface area contributed by atoms with Gasteiger partial charge in [-0.1, -0.05) is 12.1 Å². The van der Waals surface area contributed by atoms with E-state index >= 15 is 0 Å². The summed E-state index contributed by atoms with van der Waals surface area (Å²) in [6.07, 6.45) is 1.22. The monoisotopic (exact) mass is 297 g/mol. The number of rotatable bonds is 4. The van der Waals surface area contributed by atoms with Crippen LogP contribution in [0.25, 0.3) is 0 Å². The van der Waals surface area contributed by atoms with Gasteiger partial charge >= 0.3 is 0 Å². The molecule has 114 valence electrons. The molecule has 1 aliphatic rings. The molecule has 1 saturated heterocycles. The van der Waals surface area contributed by atoms with Gasteiger partial charge in [-0.2, -0.15) is 0 Å². The van der Waals surface area contributed by atoms with Gasteiger partial charge in [0, 0.05) is 12.1 Å². The quantitative estimate of drug-likeness (QED) is 0.757. The number of carbonyl (C=O) groups excluding carboxylic acids is 1. The van der Waals surface area contributed by atoms with E-state index in [1.807, 2.05) is 24.3 Å². The lowest BCUT2D eigenvalue weighted by molar-refractivity contribution is 0.102. The first-order valence-electron chi connectivity index (χ1n) is 7.35. The minimum absolute atomic E-state index is 0.188. The van der Waals surface area contributed by atoms with Gasteiger partial charge in [-0.3, -0.25) is 4.79 Å². The fourth-order valence-electron chi connectivity index (χ4n) is 2.41. The van der Waals surface area contributed by atoms with Gasteiger partial charge in [0.1, 0.15) is 11.9 Å². The van der Waals surface area contributed by atoms with Crippen molar-refractivity contribution in [3.63, 3.8) is 0 Å². The Morgan fingerprint density at radius 2 is 1.95 bits per heavy atom. The lowest BCUT2D eigenvalue weighted by atomic mass is 10.2. The van der Waals surface area contributed by atoms with E-state index in [4.69, 9.17) is 10.5 Å². The van der Waals surface area contributed by atoms with E-state index in [1.54, 1.807) is 24.3 Å². The summed E-state index contributed by atoms with van der Waals surface area (Å²) in [6.45, 7) is 1.86. The highest BCUT2D eigenvalue weighted by Gasteiger charge is 2.16. The summed E-state index contributed by atoms with van der Waals surface area (Å²) in [7, 11) is 0. The molecule has 0 aliphatic carbocycles. The lowest BCUT2D eigenvalue weighted by Gasteiger charge is -2.13. The van der Waals surface area contributed by atoms with Gasteiger partial charge in [-0.25, -0.2) is 0 Å². The van der Waals surface area contributed by atoms with Crippen LogP contribution in [0.1, 0.15) is 16.8 Å². The molecular formula is C17H19N3O2. The van der Waals surface area contributed by atoms with E-state index in [0.717, 1.165) is 25.3 Å². The second kappa shape index (κ2) is 6.49. The van der Waals surface area contributed by atoms with Crippen molar-refractivity contribution in [3.05, 3.63) is 54.1 Å². The zero-order chi connectivity index (χ0) is 15.4. The summed E-state index contributed by atoms with van der Waals surface area (Å²) in [5.74, 6) is 0.594. The second-order valence-corrected chi connectivity index (χ2v) is 5.30. The summed E-state index contributed by atoms with van der Waals surface area (Å²) >= 11 is 0. The first-order valence-corrected chi connectivity index (χ1v) is 7.35. The fourth-order valence-corrected chi connectivity index (χ4v) is 2.41. The SMILES string of the molecule is Nc1ccccc1NC(=O)c1ccc(O[C@@H]2CCNC2)cc1. The van der Waals surface area contributed by atoms with Gasteiger partial charge in [-0.15, -0.1) is 0 Å². The van der Waals surface area contributed by atoms with Gasteiger partial charge in [-0.05, 0) is 49.4 Å². The van der Waals surface area contributed by atoms with Crippen molar-refractivity contribution in [2.24, 2.45) is 0 Å². The van der Waals surface area contributed by atoms with Gasteiger partial charge < -0.3 is 21.1 Å². The van der Waals surface area contributed by atoms with Crippen LogP contribution in [0.15, 0.2) is 48.5 Å². The number of para-hydroxylation sites is 2. The van der Waals surface area contributed by atoms with Crippen LogP contribution in [-0.2, 0) is 0 Å². The highest BCUT2D eigenvalue weighted by molar-refractivity contribution is 6.05. The first kappa shape index (κ1) is 14.4. The molecule has 2 aromatic rings. The predicted molar refractivity (Wildman–Crippen MR) is 87.2 cm³/mol. The third kappa shape index (κ3) is 3.38. The number of nitrogens with two attached hydrogens (primary N) is 1. The van der Waals surface area contributed by atoms with Crippen molar-refractivity contribution < 1.29 is 9.53 Å². The number of ether oxygens (including phenoxy) is 1. The molecule has 0 aromatic heterocycles. The van der Waals surface area contributed by atoms with E-state index in [-0.39, 0.29) is 12.0 Å². The standard InChI is InChI=1S/C17H19N3O2/c18-15-3-1-2-4-16(15)20-17(21)12-5-7-13(8-6-12)22-14-9-10-19-11-14/h1-8,14,19H,9-11,18H2,(H,20,21)/t14-/m1/s1. The Kier molecular flexibility index (Phi) is 4.25. The molecule has 1 atom stereocenters. The largest absolute Gasteiger partial charge is 0.489 e. The zero-order valence-electron chi connectivity index (χ0n) is 12.2. The van der Waals surface area contributed by atoms with Crippen molar-refractivity contribution in [2.75, 3.05) is 24.1 Å². The number of amides is 1. The van der Waals surface area contributed by atoms with Crippen LogP contribution >= 0.6 is 0 Å². The van der Waals surface area contributed by atoms with Crippen molar-refractivity contribution in [1.82, 2.24) is 5.32 Å². The molecule has 1 aliphatic heterocycles. The maximum absolute atomic E-state index is 12.2. The van der Waals surface area contributed by atoms with E-state index in [9.17, 15) is 4.79 Å². The van der Waals surface area contributed by atoms with Crippen LogP contribution in [0.5, 0.6) is 5.75 Å². The minimum atomic E-state index is -0.188. The van der Waals surface area contributed by atoms with Crippen LogP contribution in [0.4, 0.5) is 11.4 Å². The van der Waals surface area contributed by atoms with Crippen molar-refractivity contribution >= 4 is 17.3 Å². The molecule has 0 radical (unpaired) electrons. The number of anilines is 2. The molecule has 22 heavy (non-hydrogen) atoms. The number of hydrogen-bond acceptors (Lipinski definition) is 4. The molecule has 5 heteroatoms. The number of benzene rings is 2. The second-order valence-electron chi connectivity index (χ2n) is 5.30. The molecule has 0 spiro atoms. The third-order valence-corrected chi connectivity index (χ3v) is 3.64. The Hall–Kier alpha value is -2.53. The Bertz CT molecular complexity index is 649. The summed E-state index contributed by atoms with van der Waals surface area (Å²) in [6, 6.07) is 14.3. The van der Waals surface area contributed by atoms with Gasteiger partial charge in [0.15, 0.2) is 0 Å².